The molecule has 138 valence electrons. The molecule has 2 amide bonds. The minimum Gasteiger partial charge on any atom is -0.459 e. The Balaban J connectivity index is 1.33. The summed E-state index contributed by atoms with van der Waals surface area (Å²) in [5.41, 5.74) is 1.57. The first kappa shape index (κ1) is 17.1. The highest BCUT2D eigenvalue weighted by atomic mass is 16.3. The average Bonchev–Trinajstić information content (AvgIpc) is 3.37. The summed E-state index contributed by atoms with van der Waals surface area (Å²) in [5.74, 6) is 0.983. The number of amides is 2. The third kappa shape index (κ3) is 3.92. The molecule has 0 saturated carbocycles. The number of furan rings is 1. The molecular weight excluding hydrogens is 344 g/mol. The van der Waals surface area contributed by atoms with Crippen molar-refractivity contribution in [3.63, 3.8) is 0 Å². The van der Waals surface area contributed by atoms with Crippen molar-refractivity contribution in [1.82, 2.24) is 14.9 Å². The third-order valence-corrected chi connectivity index (χ3v) is 4.70. The maximum atomic E-state index is 12.5. The molecule has 3 aromatic rings. The van der Waals surface area contributed by atoms with E-state index in [-0.39, 0.29) is 23.5 Å². The van der Waals surface area contributed by atoms with Crippen LogP contribution in [0.25, 0.3) is 0 Å². The van der Waals surface area contributed by atoms with E-state index in [1.807, 2.05) is 29.0 Å². The van der Waals surface area contributed by atoms with Crippen LogP contribution in [0.2, 0.25) is 0 Å². The van der Waals surface area contributed by atoms with Gasteiger partial charge in [-0.1, -0.05) is 12.1 Å². The zero-order valence-electron chi connectivity index (χ0n) is 14.7. The van der Waals surface area contributed by atoms with Crippen LogP contribution >= 0.6 is 0 Å². The molecule has 0 radical (unpaired) electrons. The molecule has 0 bridgehead atoms. The van der Waals surface area contributed by atoms with Crippen molar-refractivity contribution in [3.05, 3.63) is 72.2 Å². The second kappa shape index (κ2) is 7.49. The van der Waals surface area contributed by atoms with Crippen LogP contribution in [0.15, 0.2) is 59.5 Å². The van der Waals surface area contributed by atoms with Gasteiger partial charge in [0.1, 0.15) is 5.82 Å². The van der Waals surface area contributed by atoms with Crippen LogP contribution in [0.4, 0.5) is 5.69 Å². The Morgan fingerprint density at radius 3 is 3.04 bits per heavy atom. The van der Waals surface area contributed by atoms with E-state index in [0.29, 0.717) is 18.8 Å². The van der Waals surface area contributed by atoms with Crippen molar-refractivity contribution in [1.29, 1.82) is 0 Å². The van der Waals surface area contributed by atoms with Gasteiger partial charge in [-0.15, -0.1) is 0 Å². The summed E-state index contributed by atoms with van der Waals surface area (Å²) in [6.45, 7) is 1.08. The summed E-state index contributed by atoms with van der Waals surface area (Å²) in [6.07, 6.45) is 6.78. The van der Waals surface area contributed by atoms with Gasteiger partial charge < -0.3 is 19.6 Å². The number of nitrogens with zero attached hydrogens (tertiary/aromatic N) is 2. The Morgan fingerprint density at radius 2 is 2.19 bits per heavy atom. The summed E-state index contributed by atoms with van der Waals surface area (Å²) in [7, 11) is 0. The molecule has 4 rings (SSSR count). The van der Waals surface area contributed by atoms with Gasteiger partial charge in [-0.2, -0.15) is 0 Å². The largest absolute Gasteiger partial charge is 0.459 e. The molecule has 1 atom stereocenters. The summed E-state index contributed by atoms with van der Waals surface area (Å²) < 4.78 is 7.13. The van der Waals surface area contributed by atoms with E-state index in [1.54, 1.807) is 24.4 Å². The molecule has 7 nitrogen and oxygen atoms in total. The van der Waals surface area contributed by atoms with E-state index in [4.69, 9.17) is 4.42 Å². The minimum absolute atomic E-state index is 0.0411. The van der Waals surface area contributed by atoms with Crippen molar-refractivity contribution >= 4 is 17.5 Å². The summed E-state index contributed by atoms with van der Waals surface area (Å²) in [5, 5.41) is 5.78. The number of rotatable bonds is 5. The molecule has 2 aromatic heterocycles. The monoisotopic (exact) mass is 364 g/mol. The van der Waals surface area contributed by atoms with E-state index in [1.165, 1.54) is 6.26 Å². The van der Waals surface area contributed by atoms with Gasteiger partial charge in [0.25, 0.3) is 5.91 Å². The van der Waals surface area contributed by atoms with E-state index < -0.39 is 0 Å². The Morgan fingerprint density at radius 1 is 1.26 bits per heavy atom. The van der Waals surface area contributed by atoms with Gasteiger partial charge in [0.05, 0.1) is 12.2 Å². The molecule has 0 unspecified atom stereocenters. The highest BCUT2D eigenvalue weighted by Crippen LogP contribution is 2.19. The number of nitrogens with one attached hydrogen (secondary N) is 2. The smallest absolute Gasteiger partial charge is 0.291 e. The molecule has 1 aromatic carbocycles. The highest BCUT2D eigenvalue weighted by molar-refractivity contribution is 6.02. The Hall–Kier alpha value is -3.35. The number of anilines is 1. The van der Waals surface area contributed by atoms with Crippen molar-refractivity contribution in [2.45, 2.75) is 25.9 Å². The van der Waals surface area contributed by atoms with Crippen LogP contribution in [0.3, 0.4) is 0 Å². The SMILES string of the molecule is O=C(Nc1cccc(CNC(=O)[C@H]2CCc3nccn3C2)c1)c1ccco1. The number of benzene rings is 1. The molecule has 0 spiro atoms. The lowest BCUT2D eigenvalue weighted by Gasteiger charge is -2.23. The zero-order valence-corrected chi connectivity index (χ0v) is 14.7. The molecule has 1 aliphatic heterocycles. The topological polar surface area (TPSA) is 89.2 Å². The maximum Gasteiger partial charge on any atom is 0.291 e. The number of hydrogen-bond donors (Lipinski definition) is 2. The van der Waals surface area contributed by atoms with E-state index in [9.17, 15) is 9.59 Å². The van der Waals surface area contributed by atoms with Crippen molar-refractivity contribution in [2.75, 3.05) is 5.32 Å². The first-order chi connectivity index (χ1) is 13.2. The lowest BCUT2D eigenvalue weighted by molar-refractivity contribution is -0.126. The van der Waals surface area contributed by atoms with Crippen LogP contribution < -0.4 is 10.6 Å². The molecular formula is C20H20N4O3. The first-order valence-electron chi connectivity index (χ1n) is 8.90. The summed E-state index contributed by atoms with van der Waals surface area (Å²) in [4.78, 5) is 28.8. The number of carbonyl (C=O) groups excluding carboxylic acids is 2. The Labute approximate surface area is 156 Å². The van der Waals surface area contributed by atoms with Gasteiger partial charge in [-0.3, -0.25) is 9.59 Å². The predicted octanol–water partition coefficient (Wildman–Crippen LogP) is 2.61. The van der Waals surface area contributed by atoms with E-state index >= 15 is 0 Å². The summed E-state index contributed by atoms with van der Waals surface area (Å²) >= 11 is 0. The van der Waals surface area contributed by atoms with Crippen molar-refractivity contribution < 1.29 is 14.0 Å². The first-order valence-corrected chi connectivity index (χ1v) is 8.90. The number of fused-ring (bicyclic) bond motifs is 1. The fraction of sp³-hybridized carbons (Fsp3) is 0.250. The molecule has 0 fully saturated rings. The van der Waals surface area contributed by atoms with Crippen LogP contribution in [0, 0.1) is 5.92 Å². The summed E-state index contributed by atoms with van der Waals surface area (Å²) in [6, 6.07) is 10.7. The Bertz CT molecular complexity index is 946. The predicted molar refractivity (Wildman–Crippen MR) is 99.0 cm³/mol. The molecule has 27 heavy (non-hydrogen) atoms. The second-order valence-electron chi connectivity index (χ2n) is 6.58. The van der Waals surface area contributed by atoms with Crippen LogP contribution in [-0.2, 0) is 24.3 Å². The van der Waals surface area contributed by atoms with Gasteiger partial charge in [-0.25, -0.2) is 4.98 Å². The number of imidazole rings is 1. The van der Waals surface area contributed by atoms with E-state index in [0.717, 1.165) is 24.2 Å². The quantitative estimate of drug-likeness (QED) is 0.728. The molecule has 0 aliphatic carbocycles. The fourth-order valence-electron chi connectivity index (χ4n) is 3.27. The second-order valence-corrected chi connectivity index (χ2v) is 6.58. The van der Waals surface area contributed by atoms with Gasteiger partial charge in [0.2, 0.25) is 5.91 Å². The standard InChI is InChI=1S/C20H20N4O3/c25-19(15-6-7-18-21-8-9-24(18)13-15)22-12-14-3-1-4-16(11-14)23-20(26)17-5-2-10-27-17/h1-5,8-11,15H,6-7,12-13H2,(H,22,25)(H,23,26)/t15-/m0/s1. The van der Waals surface area contributed by atoms with Crippen LogP contribution in [-0.4, -0.2) is 21.4 Å². The lowest BCUT2D eigenvalue weighted by Crippen LogP contribution is -2.35. The maximum absolute atomic E-state index is 12.5. The van der Waals surface area contributed by atoms with Gasteiger partial charge >= 0.3 is 0 Å². The van der Waals surface area contributed by atoms with Crippen LogP contribution in [0.1, 0.15) is 28.4 Å². The number of aryl methyl sites for hydroxylation is 1. The van der Waals surface area contributed by atoms with Crippen LogP contribution in [0.5, 0.6) is 0 Å². The minimum atomic E-state index is -0.306. The van der Waals surface area contributed by atoms with Gasteiger partial charge in [-0.05, 0) is 36.2 Å². The van der Waals surface area contributed by atoms with Crippen molar-refractivity contribution in [3.8, 4) is 0 Å². The average molecular weight is 364 g/mol. The van der Waals surface area contributed by atoms with E-state index in [2.05, 4.69) is 15.6 Å². The molecule has 3 heterocycles. The number of carbonyl (C=O) groups is 2. The fourth-order valence-corrected chi connectivity index (χ4v) is 3.27. The van der Waals surface area contributed by atoms with Gasteiger partial charge in [0, 0.05) is 37.6 Å². The highest BCUT2D eigenvalue weighted by Gasteiger charge is 2.24. The molecule has 0 saturated heterocycles. The zero-order chi connectivity index (χ0) is 18.6. The molecule has 1 aliphatic rings. The number of aromatic nitrogens is 2. The van der Waals surface area contributed by atoms with Crippen molar-refractivity contribution in [2.24, 2.45) is 5.92 Å². The number of hydrogen-bond acceptors (Lipinski definition) is 4. The Kier molecular flexibility index (Phi) is 4.74. The van der Waals surface area contributed by atoms with Gasteiger partial charge in [0.15, 0.2) is 5.76 Å². The normalized spacial score (nSPS) is 15.8. The lowest BCUT2D eigenvalue weighted by atomic mass is 9.98. The molecule has 7 heteroatoms. The molecule has 2 N–H and O–H groups in total. The third-order valence-electron chi connectivity index (χ3n) is 4.70.